The average molecular weight is 336 g/mol. The van der Waals surface area contributed by atoms with Gasteiger partial charge in [0.2, 0.25) is 5.91 Å². The molecule has 0 fully saturated rings. The summed E-state index contributed by atoms with van der Waals surface area (Å²) >= 11 is 0. The van der Waals surface area contributed by atoms with Gasteiger partial charge in [0.15, 0.2) is 5.58 Å². The number of anilines is 1. The largest absolute Gasteiger partial charge is 0.419 e. The molecule has 0 bridgehead atoms. The van der Waals surface area contributed by atoms with Crippen LogP contribution in [0.4, 0.5) is 5.69 Å². The molecule has 1 amide bonds. The van der Waals surface area contributed by atoms with E-state index in [9.17, 15) is 9.59 Å². The highest BCUT2D eigenvalue weighted by atomic mass is 16.4. The van der Waals surface area contributed by atoms with Gasteiger partial charge in [-0.15, -0.1) is 0 Å². The summed E-state index contributed by atoms with van der Waals surface area (Å²) in [6, 6.07) is 13.5. The van der Waals surface area contributed by atoms with Crippen LogP contribution in [0.15, 0.2) is 51.7 Å². The first-order chi connectivity index (χ1) is 12.1. The van der Waals surface area contributed by atoms with E-state index in [2.05, 4.69) is 6.07 Å². The van der Waals surface area contributed by atoms with E-state index in [1.807, 2.05) is 42.2 Å². The zero-order valence-electron chi connectivity index (χ0n) is 14.2. The summed E-state index contributed by atoms with van der Waals surface area (Å²) in [6.45, 7) is 3.10. The van der Waals surface area contributed by atoms with Crippen LogP contribution in [-0.4, -0.2) is 17.0 Å². The summed E-state index contributed by atoms with van der Waals surface area (Å²) in [5.41, 5.74) is 4.68. The van der Waals surface area contributed by atoms with Gasteiger partial charge in [-0.25, -0.2) is 4.79 Å². The number of hydrogen-bond acceptors (Lipinski definition) is 3. The zero-order chi connectivity index (χ0) is 17.4. The van der Waals surface area contributed by atoms with Crippen molar-refractivity contribution in [2.45, 2.75) is 32.7 Å². The fourth-order valence-corrected chi connectivity index (χ4v) is 3.66. The molecule has 0 aliphatic carbocycles. The Bertz CT molecular complexity index is 1000. The van der Waals surface area contributed by atoms with Gasteiger partial charge in [-0.2, -0.15) is 0 Å². The summed E-state index contributed by atoms with van der Waals surface area (Å²) in [5.74, 6) is -0.364. The molecule has 3 aromatic rings. The molecule has 2 aromatic carbocycles. The Hall–Kier alpha value is -2.82. The van der Waals surface area contributed by atoms with Crippen LogP contribution in [0.2, 0.25) is 0 Å². The monoisotopic (exact) mass is 336 g/mol. The Balaban J connectivity index is 1.58. The number of aryl methyl sites for hydroxylation is 3. The topological polar surface area (TPSA) is 55.5 Å². The molecule has 0 atom stereocenters. The van der Waals surface area contributed by atoms with E-state index in [1.165, 1.54) is 10.1 Å². The molecule has 0 saturated heterocycles. The lowest BCUT2D eigenvalue weighted by atomic mass is 9.98. The van der Waals surface area contributed by atoms with Gasteiger partial charge in [0.05, 0.1) is 5.52 Å². The molecule has 1 aliphatic heterocycles. The summed E-state index contributed by atoms with van der Waals surface area (Å²) in [4.78, 5) is 26.8. The van der Waals surface area contributed by atoms with Crippen molar-refractivity contribution in [3.63, 3.8) is 0 Å². The summed E-state index contributed by atoms with van der Waals surface area (Å²) < 4.78 is 6.77. The number of rotatable bonds is 3. The number of amides is 1. The number of fused-ring (bicyclic) bond motifs is 2. The number of benzene rings is 2. The molecule has 5 nitrogen and oxygen atoms in total. The highest BCUT2D eigenvalue weighted by molar-refractivity contribution is 5.95. The van der Waals surface area contributed by atoms with Gasteiger partial charge in [0.25, 0.3) is 0 Å². The lowest BCUT2D eigenvalue weighted by Gasteiger charge is -2.31. The van der Waals surface area contributed by atoms with Crippen molar-refractivity contribution in [3.8, 4) is 0 Å². The van der Waals surface area contributed by atoms with Crippen molar-refractivity contribution in [1.29, 1.82) is 0 Å². The van der Waals surface area contributed by atoms with E-state index in [0.717, 1.165) is 36.2 Å². The molecule has 0 radical (unpaired) electrons. The van der Waals surface area contributed by atoms with Crippen LogP contribution in [0.25, 0.3) is 11.1 Å². The van der Waals surface area contributed by atoms with Crippen LogP contribution < -0.4 is 10.7 Å². The summed E-state index contributed by atoms with van der Waals surface area (Å²) in [6.07, 6.45) is 2.25. The van der Waals surface area contributed by atoms with Crippen LogP contribution in [0.1, 0.15) is 24.0 Å². The molecule has 1 aromatic heterocycles. The first-order valence-electron chi connectivity index (χ1n) is 8.62. The predicted molar refractivity (Wildman–Crippen MR) is 96.9 cm³/mol. The lowest BCUT2D eigenvalue weighted by molar-refractivity contribution is -0.118. The zero-order valence-corrected chi connectivity index (χ0v) is 14.2. The van der Waals surface area contributed by atoms with E-state index in [0.29, 0.717) is 12.1 Å². The van der Waals surface area contributed by atoms with E-state index < -0.39 is 5.76 Å². The van der Waals surface area contributed by atoms with Crippen molar-refractivity contribution in [2.75, 3.05) is 11.4 Å². The third-order valence-corrected chi connectivity index (χ3v) is 4.84. The van der Waals surface area contributed by atoms with Gasteiger partial charge in [-0.1, -0.05) is 30.3 Å². The predicted octanol–water partition coefficient (Wildman–Crippen LogP) is 3.27. The normalized spacial score (nSPS) is 13.9. The minimum Gasteiger partial charge on any atom is -0.408 e. The molecular weight excluding hydrogens is 316 g/mol. The average Bonchev–Trinajstić information content (AvgIpc) is 2.94. The Labute approximate surface area is 145 Å². The van der Waals surface area contributed by atoms with Gasteiger partial charge >= 0.3 is 5.76 Å². The molecule has 5 heteroatoms. The molecule has 2 heterocycles. The Kier molecular flexibility index (Phi) is 3.92. The third-order valence-electron chi connectivity index (χ3n) is 4.84. The lowest BCUT2D eigenvalue weighted by Crippen LogP contribution is -2.36. The quantitative estimate of drug-likeness (QED) is 0.737. The van der Waals surface area contributed by atoms with Crippen molar-refractivity contribution < 1.29 is 9.21 Å². The number of para-hydroxylation sites is 3. The maximum Gasteiger partial charge on any atom is 0.419 e. The van der Waals surface area contributed by atoms with Crippen molar-refractivity contribution in [3.05, 3.63) is 64.1 Å². The standard InChI is InChI=1S/C20H20N2O3/c1-14-6-4-7-15-8-5-12-22(19(14)15)18(23)11-13-21-16-9-2-3-10-17(16)25-20(21)24/h2-4,6-7,9-10H,5,8,11-13H2,1H3. The molecule has 0 saturated carbocycles. The van der Waals surface area contributed by atoms with Crippen molar-refractivity contribution in [1.82, 2.24) is 4.57 Å². The molecule has 0 spiro atoms. The van der Waals surface area contributed by atoms with E-state index in [4.69, 9.17) is 4.42 Å². The van der Waals surface area contributed by atoms with Crippen LogP contribution >= 0.6 is 0 Å². The number of carbonyl (C=O) groups excluding carboxylic acids is 1. The molecular formula is C20H20N2O3. The molecule has 25 heavy (non-hydrogen) atoms. The van der Waals surface area contributed by atoms with Gasteiger partial charge < -0.3 is 9.32 Å². The second-order valence-electron chi connectivity index (χ2n) is 6.47. The number of nitrogens with zero attached hydrogens (tertiary/aromatic N) is 2. The highest BCUT2D eigenvalue weighted by Gasteiger charge is 2.24. The molecule has 128 valence electrons. The Morgan fingerprint density at radius 3 is 2.88 bits per heavy atom. The number of aromatic nitrogens is 1. The van der Waals surface area contributed by atoms with Gasteiger partial charge in [0, 0.05) is 25.2 Å². The van der Waals surface area contributed by atoms with Crippen LogP contribution in [0.5, 0.6) is 0 Å². The van der Waals surface area contributed by atoms with Crippen LogP contribution in [-0.2, 0) is 17.8 Å². The minimum atomic E-state index is -0.413. The first kappa shape index (κ1) is 15.7. The highest BCUT2D eigenvalue weighted by Crippen LogP contribution is 2.31. The molecule has 4 rings (SSSR count). The maximum atomic E-state index is 12.8. The molecule has 0 N–H and O–H groups in total. The second-order valence-corrected chi connectivity index (χ2v) is 6.47. The number of oxazole rings is 1. The van der Waals surface area contributed by atoms with Gasteiger partial charge in [-0.3, -0.25) is 9.36 Å². The fraction of sp³-hybridized carbons (Fsp3) is 0.300. The van der Waals surface area contributed by atoms with Crippen molar-refractivity contribution >= 4 is 22.7 Å². The van der Waals surface area contributed by atoms with Gasteiger partial charge in [0.1, 0.15) is 0 Å². The summed E-state index contributed by atoms with van der Waals surface area (Å²) in [7, 11) is 0. The first-order valence-corrected chi connectivity index (χ1v) is 8.62. The van der Waals surface area contributed by atoms with Crippen molar-refractivity contribution in [2.24, 2.45) is 0 Å². The molecule has 0 unspecified atom stereocenters. The Morgan fingerprint density at radius 2 is 2.00 bits per heavy atom. The van der Waals surface area contributed by atoms with Gasteiger partial charge in [-0.05, 0) is 43.0 Å². The smallest absolute Gasteiger partial charge is 0.408 e. The number of carbonyl (C=O) groups is 1. The van der Waals surface area contributed by atoms with E-state index in [1.54, 1.807) is 6.07 Å². The maximum absolute atomic E-state index is 12.8. The minimum absolute atomic E-state index is 0.0485. The SMILES string of the molecule is Cc1cccc2c1N(C(=O)CCn1c(=O)oc3ccccc31)CCC2. The van der Waals surface area contributed by atoms with E-state index >= 15 is 0 Å². The Morgan fingerprint density at radius 1 is 1.16 bits per heavy atom. The summed E-state index contributed by atoms with van der Waals surface area (Å²) in [5, 5.41) is 0. The third kappa shape index (κ3) is 2.76. The van der Waals surface area contributed by atoms with E-state index in [-0.39, 0.29) is 12.3 Å². The second kappa shape index (κ2) is 6.24. The molecule has 1 aliphatic rings. The van der Waals surface area contributed by atoms with Crippen LogP contribution in [0, 0.1) is 6.92 Å². The fourth-order valence-electron chi connectivity index (χ4n) is 3.66. The van der Waals surface area contributed by atoms with Crippen LogP contribution in [0.3, 0.4) is 0 Å². The number of hydrogen-bond donors (Lipinski definition) is 0.